The van der Waals surface area contributed by atoms with Gasteiger partial charge in [-0.3, -0.25) is 0 Å². The molecule has 0 saturated carbocycles. The first-order valence-electron chi connectivity index (χ1n) is 5.69. The molecule has 3 nitrogen and oxygen atoms in total. The molecule has 0 radical (unpaired) electrons. The van der Waals surface area contributed by atoms with E-state index in [1.165, 1.54) is 12.0 Å². The molecule has 0 saturated heterocycles. The van der Waals surface area contributed by atoms with Crippen LogP contribution in [0.25, 0.3) is 0 Å². The van der Waals surface area contributed by atoms with Gasteiger partial charge in [0.2, 0.25) is 0 Å². The Hall–Kier alpha value is -1.69. The lowest BCUT2D eigenvalue weighted by Crippen LogP contribution is -2.14. The Labute approximate surface area is 96.0 Å². The van der Waals surface area contributed by atoms with E-state index in [1.807, 2.05) is 19.1 Å². The Balaban J connectivity index is 2.12. The summed E-state index contributed by atoms with van der Waals surface area (Å²) in [5, 5.41) is 12.1. The van der Waals surface area contributed by atoms with Crippen molar-refractivity contribution in [3.63, 3.8) is 0 Å². The molecule has 1 aromatic carbocycles. The standard InChI is InChI=1S/C13H16N2O/c1-10(8-14)9-16-12-6-2-4-11-5-3-7-15-13(11)12/h2,4,6,10,15H,3,5,7,9H2,1H3. The molecule has 0 amide bonds. The zero-order chi connectivity index (χ0) is 11.4. The van der Waals surface area contributed by atoms with Gasteiger partial charge in [0.1, 0.15) is 12.4 Å². The summed E-state index contributed by atoms with van der Waals surface area (Å²) < 4.78 is 5.67. The number of aryl methyl sites for hydroxylation is 1. The highest BCUT2D eigenvalue weighted by molar-refractivity contribution is 5.63. The highest BCUT2D eigenvalue weighted by atomic mass is 16.5. The molecule has 16 heavy (non-hydrogen) atoms. The third-order valence-electron chi connectivity index (χ3n) is 2.75. The molecule has 0 aliphatic carbocycles. The molecule has 84 valence electrons. The first-order chi connectivity index (χ1) is 7.81. The van der Waals surface area contributed by atoms with Gasteiger partial charge in [-0.05, 0) is 31.4 Å². The summed E-state index contributed by atoms with van der Waals surface area (Å²) in [6.07, 6.45) is 2.28. The lowest BCUT2D eigenvalue weighted by Gasteiger charge is -2.21. The van der Waals surface area contributed by atoms with Crippen LogP contribution in [0.4, 0.5) is 5.69 Å². The predicted molar refractivity (Wildman–Crippen MR) is 63.5 cm³/mol. The largest absolute Gasteiger partial charge is 0.490 e. The number of fused-ring (bicyclic) bond motifs is 1. The van der Waals surface area contributed by atoms with E-state index in [-0.39, 0.29) is 5.92 Å². The van der Waals surface area contributed by atoms with Gasteiger partial charge in [-0.2, -0.15) is 5.26 Å². The number of anilines is 1. The molecule has 1 heterocycles. The van der Waals surface area contributed by atoms with E-state index >= 15 is 0 Å². The number of para-hydroxylation sites is 1. The fourth-order valence-electron chi connectivity index (χ4n) is 1.85. The minimum atomic E-state index is -0.0700. The van der Waals surface area contributed by atoms with Gasteiger partial charge in [-0.25, -0.2) is 0 Å². The van der Waals surface area contributed by atoms with Crippen molar-refractivity contribution < 1.29 is 4.74 Å². The first-order valence-corrected chi connectivity index (χ1v) is 5.69. The summed E-state index contributed by atoms with van der Waals surface area (Å²) >= 11 is 0. The quantitative estimate of drug-likeness (QED) is 0.844. The van der Waals surface area contributed by atoms with Crippen LogP contribution in [-0.4, -0.2) is 13.2 Å². The third kappa shape index (κ3) is 2.27. The molecule has 1 aromatic rings. The second-order valence-electron chi connectivity index (χ2n) is 4.16. The van der Waals surface area contributed by atoms with Crippen molar-refractivity contribution >= 4 is 5.69 Å². The van der Waals surface area contributed by atoms with Gasteiger partial charge < -0.3 is 10.1 Å². The molecule has 0 spiro atoms. The van der Waals surface area contributed by atoms with E-state index in [2.05, 4.69) is 17.5 Å². The summed E-state index contributed by atoms with van der Waals surface area (Å²) in [7, 11) is 0. The zero-order valence-corrected chi connectivity index (χ0v) is 9.49. The van der Waals surface area contributed by atoms with Crippen LogP contribution < -0.4 is 10.1 Å². The van der Waals surface area contributed by atoms with E-state index in [0.717, 1.165) is 24.4 Å². The van der Waals surface area contributed by atoms with Crippen molar-refractivity contribution in [2.24, 2.45) is 5.92 Å². The summed E-state index contributed by atoms with van der Waals surface area (Å²) in [6.45, 7) is 3.32. The van der Waals surface area contributed by atoms with Crippen LogP contribution in [-0.2, 0) is 6.42 Å². The molecule has 1 atom stereocenters. The van der Waals surface area contributed by atoms with Gasteiger partial charge in [0.15, 0.2) is 0 Å². The van der Waals surface area contributed by atoms with Gasteiger partial charge >= 0.3 is 0 Å². The number of rotatable bonds is 3. The summed E-state index contributed by atoms with van der Waals surface area (Å²) in [6, 6.07) is 8.27. The number of nitrogens with zero attached hydrogens (tertiary/aromatic N) is 1. The molecule has 1 unspecified atom stereocenters. The summed E-state index contributed by atoms with van der Waals surface area (Å²) in [5.41, 5.74) is 2.42. The third-order valence-corrected chi connectivity index (χ3v) is 2.75. The SMILES string of the molecule is CC(C#N)COc1cccc2c1NCCC2. The number of hydrogen-bond acceptors (Lipinski definition) is 3. The predicted octanol–water partition coefficient (Wildman–Crippen LogP) is 2.58. The topological polar surface area (TPSA) is 45.0 Å². The Morgan fingerprint density at radius 2 is 2.44 bits per heavy atom. The number of nitriles is 1. The van der Waals surface area contributed by atoms with Gasteiger partial charge in [0, 0.05) is 6.54 Å². The second kappa shape index (κ2) is 4.89. The van der Waals surface area contributed by atoms with Gasteiger partial charge in [-0.15, -0.1) is 0 Å². The van der Waals surface area contributed by atoms with Crippen molar-refractivity contribution in [3.05, 3.63) is 23.8 Å². The van der Waals surface area contributed by atoms with Crippen LogP contribution in [0.1, 0.15) is 18.9 Å². The maximum atomic E-state index is 8.71. The van der Waals surface area contributed by atoms with Crippen LogP contribution >= 0.6 is 0 Å². The van der Waals surface area contributed by atoms with Crippen molar-refractivity contribution in [2.45, 2.75) is 19.8 Å². The van der Waals surface area contributed by atoms with Crippen molar-refractivity contribution in [1.29, 1.82) is 5.26 Å². The fraction of sp³-hybridized carbons (Fsp3) is 0.462. The number of ether oxygens (including phenoxy) is 1. The number of benzene rings is 1. The van der Waals surface area contributed by atoms with Crippen LogP contribution in [0.2, 0.25) is 0 Å². The van der Waals surface area contributed by atoms with Gasteiger partial charge in [0.05, 0.1) is 17.7 Å². The number of hydrogen-bond donors (Lipinski definition) is 1. The second-order valence-corrected chi connectivity index (χ2v) is 4.16. The molecular weight excluding hydrogens is 200 g/mol. The molecule has 0 bridgehead atoms. The van der Waals surface area contributed by atoms with E-state index in [9.17, 15) is 0 Å². The Morgan fingerprint density at radius 3 is 3.25 bits per heavy atom. The minimum Gasteiger partial charge on any atom is -0.490 e. The zero-order valence-electron chi connectivity index (χ0n) is 9.49. The van der Waals surface area contributed by atoms with Gasteiger partial charge in [0.25, 0.3) is 0 Å². The molecular formula is C13H16N2O. The Bertz CT molecular complexity index is 409. The Morgan fingerprint density at radius 1 is 1.56 bits per heavy atom. The molecule has 2 rings (SSSR count). The average Bonchev–Trinajstić information content (AvgIpc) is 2.35. The van der Waals surface area contributed by atoms with Crippen LogP contribution in [0.3, 0.4) is 0 Å². The molecule has 1 aliphatic rings. The Kier molecular flexibility index (Phi) is 3.31. The summed E-state index contributed by atoms with van der Waals surface area (Å²) in [5.74, 6) is 0.804. The highest BCUT2D eigenvalue weighted by Gasteiger charge is 2.13. The lowest BCUT2D eigenvalue weighted by molar-refractivity contribution is 0.289. The monoisotopic (exact) mass is 216 g/mol. The van der Waals surface area contributed by atoms with E-state index in [4.69, 9.17) is 10.00 Å². The smallest absolute Gasteiger partial charge is 0.142 e. The fourth-order valence-corrected chi connectivity index (χ4v) is 1.85. The molecule has 0 aromatic heterocycles. The van der Waals surface area contributed by atoms with Crippen molar-refractivity contribution in [3.8, 4) is 11.8 Å². The molecule has 1 aliphatic heterocycles. The maximum Gasteiger partial charge on any atom is 0.142 e. The maximum absolute atomic E-state index is 8.71. The molecule has 3 heteroatoms. The van der Waals surface area contributed by atoms with Gasteiger partial charge in [-0.1, -0.05) is 12.1 Å². The number of nitrogens with one attached hydrogen (secondary N) is 1. The first kappa shape index (κ1) is 10.8. The average molecular weight is 216 g/mol. The summed E-state index contributed by atoms with van der Waals surface area (Å²) in [4.78, 5) is 0. The normalized spacial score (nSPS) is 15.5. The van der Waals surface area contributed by atoms with Crippen LogP contribution in [0, 0.1) is 17.2 Å². The van der Waals surface area contributed by atoms with E-state index < -0.39 is 0 Å². The molecule has 1 N–H and O–H groups in total. The molecule has 0 fully saturated rings. The van der Waals surface area contributed by atoms with Crippen molar-refractivity contribution in [1.82, 2.24) is 0 Å². The van der Waals surface area contributed by atoms with E-state index in [1.54, 1.807) is 0 Å². The highest BCUT2D eigenvalue weighted by Crippen LogP contribution is 2.32. The minimum absolute atomic E-state index is 0.0700. The van der Waals surface area contributed by atoms with Crippen LogP contribution in [0.5, 0.6) is 5.75 Å². The van der Waals surface area contributed by atoms with Crippen LogP contribution in [0.15, 0.2) is 18.2 Å². The lowest BCUT2D eigenvalue weighted by atomic mass is 10.0. The van der Waals surface area contributed by atoms with Crippen molar-refractivity contribution in [2.75, 3.05) is 18.5 Å². The van der Waals surface area contributed by atoms with E-state index in [0.29, 0.717) is 6.61 Å².